The van der Waals surface area contributed by atoms with Crippen molar-refractivity contribution in [1.29, 1.82) is 0 Å². The number of ether oxygens (including phenoxy) is 1. The van der Waals surface area contributed by atoms with Gasteiger partial charge in [-0.2, -0.15) is 18.2 Å². The molecule has 2 aliphatic rings. The number of nitrogens with one attached hydrogen (secondary N) is 1. The first-order valence-corrected chi connectivity index (χ1v) is 11.8. The normalized spacial score (nSPS) is 16.4. The summed E-state index contributed by atoms with van der Waals surface area (Å²) in [5.74, 6) is -1.59. The van der Waals surface area contributed by atoms with Crippen LogP contribution in [0.4, 0.5) is 40.3 Å². The van der Waals surface area contributed by atoms with E-state index in [2.05, 4.69) is 15.3 Å². The lowest BCUT2D eigenvalue weighted by Gasteiger charge is -2.34. The second-order valence-electron chi connectivity index (χ2n) is 8.46. The molecule has 13 nitrogen and oxygen atoms in total. The second kappa shape index (κ2) is 11.0. The zero-order valence-corrected chi connectivity index (χ0v) is 20.4. The van der Waals surface area contributed by atoms with Gasteiger partial charge >= 0.3 is 18.4 Å². The van der Waals surface area contributed by atoms with Crippen molar-refractivity contribution in [3.8, 4) is 0 Å². The third-order valence-corrected chi connectivity index (χ3v) is 6.05. The molecule has 2 aliphatic heterocycles. The van der Waals surface area contributed by atoms with Crippen molar-refractivity contribution in [2.75, 3.05) is 74.1 Å². The Bertz CT molecular complexity index is 1160. The maximum absolute atomic E-state index is 13.6. The molecule has 0 aliphatic carbocycles. The van der Waals surface area contributed by atoms with Crippen LogP contribution in [0, 0.1) is 0 Å². The molecule has 3 amide bonds. The number of anilines is 3. The molecular formula is C22H26F3N7O6. The van der Waals surface area contributed by atoms with Crippen LogP contribution >= 0.6 is 0 Å². The first kappa shape index (κ1) is 26.8. The SMILES string of the molecule is CCOC(=O)N1CCN(c2ccc(NC(=O)c3oc(N4CCN(C(=O)O)CC4)nc3C(F)(F)F)cn2)CC1. The van der Waals surface area contributed by atoms with Crippen LogP contribution in [0.1, 0.15) is 23.2 Å². The molecule has 0 saturated carbocycles. The smallest absolute Gasteiger partial charge is 0.437 e. The summed E-state index contributed by atoms with van der Waals surface area (Å²) in [5.41, 5.74) is -1.33. The lowest BCUT2D eigenvalue weighted by atomic mass is 10.3. The molecule has 38 heavy (non-hydrogen) atoms. The molecule has 0 spiro atoms. The Morgan fingerprint density at radius 3 is 2.21 bits per heavy atom. The number of alkyl halides is 3. The largest absolute Gasteiger partial charge is 0.465 e. The van der Waals surface area contributed by atoms with Gasteiger partial charge in [-0.1, -0.05) is 0 Å². The summed E-state index contributed by atoms with van der Waals surface area (Å²) in [7, 11) is 0. The van der Waals surface area contributed by atoms with Crippen molar-refractivity contribution in [2.45, 2.75) is 13.1 Å². The Hall–Kier alpha value is -4.24. The molecule has 2 aromatic heterocycles. The second-order valence-corrected chi connectivity index (χ2v) is 8.46. The van der Waals surface area contributed by atoms with Crippen LogP contribution < -0.4 is 15.1 Å². The lowest BCUT2D eigenvalue weighted by molar-refractivity contribution is -0.141. The zero-order chi connectivity index (χ0) is 27.4. The van der Waals surface area contributed by atoms with E-state index >= 15 is 0 Å². The van der Waals surface area contributed by atoms with Gasteiger partial charge in [-0.3, -0.25) is 4.79 Å². The third kappa shape index (κ3) is 6.00. The van der Waals surface area contributed by atoms with E-state index in [9.17, 15) is 27.6 Å². The Kier molecular flexibility index (Phi) is 7.78. The average molecular weight is 541 g/mol. The van der Waals surface area contributed by atoms with Gasteiger partial charge in [0.2, 0.25) is 5.76 Å². The summed E-state index contributed by atoms with van der Waals surface area (Å²) in [4.78, 5) is 49.4. The van der Waals surface area contributed by atoms with Gasteiger partial charge in [-0.15, -0.1) is 0 Å². The van der Waals surface area contributed by atoms with Gasteiger partial charge in [-0.05, 0) is 19.1 Å². The monoisotopic (exact) mass is 541 g/mol. The van der Waals surface area contributed by atoms with Crippen molar-refractivity contribution in [2.24, 2.45) is 0 Å². The van der Waals surface area contributed by atoms with Crippen LogP contribution in [0.25, 0.3) is 0 Å². The number of nitrogens with zero attached hydrogens (tertiary/aromatic N) is 6. The Balaban J connectivity index is 1.41. The molecule has 2 fully saturated rings. The molecular weight excluding hydrogens is 515 g/mol. The molecule has 0 aromatic carbocycles. The fourth-order valence-corrected chi connectivity index (χ4v) is 4.05. The van der Waals surface area contributed by atoms with Crippen LogP contribution in [-0.4, -0.2) is 102 Å². The summed E-state index contributed by atoms with van der Waals surface area (Å²) in [6.07, 6.45) is -5.16. The number of carbonyl (C=O) groups excluding carboxylic acids is 2. The van der Waals surface area contributed by atoms with Crippen LogP contribution in [0.3, 0.4) is 0 Å². The van der Waals surface area contributed by atoms with Crippen LogP contribution in [-0.2, 0) is 10.9 Å². The maximum atomic E-state index is 13.6. The molecule has 0 unspecified atom stereocenters. The minimum atomic E-state index is -4.95. The van der Waals surface area contributed by atoms with E-state index in [0.717, 1.165) is 4.90 Å². The molecule has 0 radical (unpaired) electrons. The average Bonchev–Trinajstić information content (AvgIpc) is 3.36. The quantitative estimate of drug-likeness (QED) is 0.579. The van der Waals surface area contributed by atoms with Crippen LogP contribution in [0.2, 0.25) is 0 Å². The highest BCUT2D eigenvalue weighted by Crippen LogP contribution is 2.34. The molecule has 0 atom stereocenters. The first-order chi connectivity index (χ1) is 18.1. The van der Waals surface area contributed by atoms with Gasteiger partial charge in [0.15, 0.2) is 5.69 Å². The molecule has 2 saturated heterocycles. The van der Waals surface area contributed by atoms with E-state index in [4.69, 9.17) is 14.3 Å². The maximum Gasteiger partial charge on any atom is 0.437 e. The van der Waals surface area contributed by atoms with E-state index in [1.807, 2.05) is 4.90 Å². The summed E-state index contributed by atoms with van der Waals surface area (Å²) in [6, 6.07) is 2.68. The van der Waals surface area contributed by atoms with Crippen molar-refractivity contribution in [1.82, 2.24) is 19.8 Å². The van der Waals surface area contributed by atoms with E-state index < -0.39 is 35.6 Å². The molecule has 4 rings (SSSR count). The molecule has 2 aromatic rings. The van der Waals surface area contributed by atoms with Crippen molar-refractivity contribution in [3.63, 3.8) is 0 Å². The third-order valence-electron chi connectivity index (χ3n) is 6.05. The molecule has 206 valence electrons. The van der Waals surface area contributed by atoms with E-state index in [1.165, 1.54) is 17.2 Å². The first-order valence-electron chi connectivity index (χ1n) is 11.8. The predicted octanol–water partition coefficient (Wildman–Crippen LogP) is 2.42. The van der Waals surface area contributed by atoms with E-state index in [1.54, 1.807) is 17.9 Å². The number of halogens is 3. The predicted molar refractivity (Wildman–Crippen MR) is 126 cm³/mol. The number of amides is 3. The number of carboxylic acid groups (broad SMARTS) is 1. The number of oxazole rings is 1. The number of carbonyl (C=O) groups is 3. The van der Waals surface area contributed by atoms with Crippen molar-refractivity contribution >= 4 is 35.6 Å². The van der Waals surface area contributed by atoms with Gasteiger partial charge in [0, 0.05) is 52.4 Å². The molecule has 16 heteroatoms. The summed E-state index contributed by atoms with van der Waals surface area (Å²) < 4.78 is 51.1. The van der Waals surface area contributed by atoms with Gasteiger partial charge in [-0.25, -0.2) is 14.6 Å². The fraction of sp³-hybridized carbons (Fsp3) is 0.500. The van der Waals surface area contributed by atoms with E-state index in [-0.39, 0.29) is 44.6 Å². The van der Waals surface area contributed by atoms with Gasteiger partial charge < -0.3 is 39.2 Å². The van der Waals surface area contributed by atoms with Gasteiger partial charge in [0.1, 0.15) is 5.82 Å². The van der Waals surface area contributed by atoms with Crippen LogP contribution in [0.5, 0.6) is 0 Å². The van der Waals surface area contributed by atoms with Crippen molar-refractivity contribution in [3.05, 3.63) is 29.8 Å². The standard InChI is InChI=1S/C22H26F3N7O6/c1-2-37-21(36)32-11-5-29(6-12-32)15-4-3-14(13-26-15)27-18(33)16-17(22(23,24)25)28-19(38-16)30-7-9-31(10-8-30)20(34)35/h3-4,13H,2,5-12H2,1H3,(H,27,33)(H,34,35). The number of pyridine rings is 1. The van der Waals surface area contributed by atoms with Crippen molar-refractivity contribution < 1.29 is 41.8 Å². The Morgan fingerprint density at radius 1 is 1.03 bits per heavy atom. The highest BCUT2D eigenvalue weighted by molar-refractivity contribution is 6.03. The molecule has 2 N–H and O–H groups in total. The topological polar surface area (TPSA) is 145 Å². The van der Waals surface area contributed by atoms with E-state index in [0.29, 0.717) is 32.0 Å². The number of hydrogen-bond acceptors (Lipinski definition) is 9. The fourth-order valence-electron chi connectivity index (χ4n) is 4.05. The zero-order valence-electron chi connectivity index (χ0n) is 20.4. The number of piperazine rings is 2. The molecule has 0 bridgehead atoms. The Labute approximate surface area is 214 Å². The number of hydrogen-bond donors (Lipinski definition) is 2. The van der Waals surface area contributed by atoms with Gasteiger partial charge in [0.05, 0.1) is 18.5 Å². The Morgan fingerprint density at radius 2 is 1.66 bits per heavy atom. The summed E-state index contributed by atoms with van der Waals surface area (Å²) in [5, 5.41) is 11.4. The minimum Gasteiger partial charge on any atom is -0.465 e. The lowest BCUT2D eigenvalue weighted by Crippen LogP contribution is -2.49. The summed E-state index contributed by atoms with van der Waals surface area (Å²) >= 11 is 0. The van der Waals surface area contributed by atoms with Crippen LogP contribution in [0.15, 0.2) is 22.7 Å². The highest BCUT2D eigenvalue weighted by atomic mass is 19.4. The van der Waals surface area contributed by atoms with Gasteiger partial charge in [0.25, 0.3) is 11.9 Å². The number of rotatable bonds is 5. The molecule has 4 heterocycles. The summed E-state index contributed by atoms with van der Waals surface area (Å²) in [6.45, 7) is 4.15. The highest BCUT2D eigenvalue weighted by Gasteiger charge is 2.42. The minimum absolute atomic E-state index is 0.0521. The number of aromatic nitrogens is 2.